The Balaban J connectivity index is 2.45. The summed E-state index contributed by atoms with van der Waals surface area (Å²) >= 11 is 0. The third kappa shape index (κ3) is 2.96. The largest absolute Gasteiger partial charge is 0.314 e. The monoisotopic (exact) mass is 184 g/mol. The maximum atomic E-state index is 3.49. The summed E-state index contributed by atoms with van der Waals surface area (Å²) in [5.74, 6) is 0. The lowest BCUT2D eigenvalue weighted by Gasteiger charge is -2.40. The Bertz CT molecular complexity index is 134. The van der Waals surface area contributed by atoms with Gasteiger partial charge in [0.15, 0.2) is 0 Å². The molecule has 1 saturated heterocycles. The molecule has 2 atom stereocenters. The van der Waals surface area contributed by atoms with Crippen LogP contribution in [0.3, 0.4) is 0 Å². The Morgan fingerprint density at radius 1 is 1.46 bits per heavy atom. The highest BCUT2D eigenvalue weighted by molar-refractivity contribution is 4.82. The number of nitrogens with one attached hydrogen (secondary N) is 1. The van der Waals surface area contributed by atoms with Crippen LogP contribution in [0, 0.1) is 0 Å². The topological polar surface area (TPSA) is 15.3 Å². The summed E-state index contributed by atoms with van der Waals surface area (Å²) in [7, 11) is 0. The first-order valence-corrected chi connectivity index (χ1v) is 5.76. The molecule has 1 aliphatic heterocycles. The van der Waals surface area contributed by atoms with Crippen molar-refractivity contribution >= 4 is 0 Å². The highest BCUT2D eigenvalue weighted by Gasteiger charge is 2.24. The van der Waals surface area contributed by atoms with Crippen molar-refractivity contribution in [2.24, 2.45) is 0 Å². The van der Waals surface area contributed by atoms with Gasteiger partial charge in [0.1, 0.15) is 0 Å². The van der Waals surface area contributed by atoms with Crippen molar-refractivity contribution in [3.05, 3.63) is 0 Å². The average Bonchev–Trinajstić information content (AvgIpc) is 2.18. The first kappa shape index (κ1) is 11.0. The second-order valence-corrected chi connectivity index (χ2v) is 4.14. The summed E-state index contributed by atoms with van der Waals surface area (Å²) < 4.78 is 0. The van der Waals surface area contributed by atoms with Gasteiger partial charge in [-0.15, -0.1) is 0 Å². The van der Waals surface area contributed by atoms with Crippen LogP contribution in [0.4, 0.5) is 0 Å². The molecule has 1 rings (SSSR count). The van der Waals surface area contributed by atoms with Crippen LogP contribution in [-0.4, -0.2) is 36.6 Å². The van der Waals surface area contributed by atoms with E-state index in [2.05, 4.69) is 31.0 Å². The lowest BCUT2D eigenvalue weighted by Crippen LogP contribution is -2.54. The highest BCUT2D eigenvalue weighted by atomic mass is 15.2. The van der Waals surface area contributed by atoms with Gasteiger partial charge in [-0.05, 0) is 19.8 Å². The molecular formula is C11H24N2. The molecule has 0 aromatic rings. The van der Waals surface area contributed by atoms with Crippen molar-refractivity contribution in [3.63, 3.8) is 0 Å². The van der Waals surface area contributed by atoms with Crippen molar-refractivity contribution in [1.29, 1.82) is 0 Å². The van der Waals surface area contributed by atoms with Gasteiger partial charge in [0.05, 0.1) is 0 Å². The summed E-state index contributed by atoms with van der Waals surface area (Å²) in [4.78, 5) is 2.68. The summed E-state index contributed by atoms with van der Waals surface area (Å²) in [6.07, 6.45) is 3.93. The van der Waals surface area contributed by atoms with E-state index in [9.17, 15) is 0 Å². The van der Waals surface area contributed by atoms with Crippen LogP contribution in [0.25, 0.3) is 0 Å². The van der Waals surface area contributed by atoms with E-state index < -0.39 is 0 Å². The second kappa shape index (κ2) is 5.61. The van der Waals surface area contributed by atoms with E-state index in [4.69, 9.17) is 0 Å². The van der Waals surface area contributed by atoms with E-state index in [1.165, 1.54) is 38.9 Å². The van der Waals surface area contributed by atoms with Gasteiger partial charge in [-0.1, -0.05) is 20.3 Å². The zero-order chi connectivity index (χ0) is 9.68. The van der Waals surface area contributed by atoms with E-state index >= 15 is 0 Å². The summed E-state index contributed by atoms with van der Waals surface area (Å²) in [6, 6.07) is 1.55. The van der Waals surface area contributed by atoms with E-state index in [1.54, 1.807) is 0 Å². The van der Waals surface area contributed by atoms with Gasteiger partial charge in [-0.3, -0.25) is 4.90 Å². The minimum atomic E-state index is 0.763. The first-order valence-electron chi connectivity index (χ1n) is 5.76. The molecule has 0 amide bonds. The molecule has 1 heterocycles. The molecule has 0 bridgehead atoms. The minimum absolute atomic E-state index is 0.763. The SMILES string of the molecule is CCCC1CNCCN1C(C)CC. The molecule has 2 nitrogen and oxygen atoms in total. The Kier molecular flexibility index (Phi) is 4.74. The van der Waals surface area contributed by atoms with E-state index in [0.717, 1.165) is 12.1 Å². The molecule has 1 aliphatic rings. The third-order valence-corrected chi connectivity index (χ3v) is 3.17. The number of rotatable bonds is 4. The van der Waals surface area contributed by atoms with Crippen LogP contribution < -0.4 is 5.32 Å². The van der Waals surface area contributed by atoms with Gasteiger partial charge in [0, 0.05) is 31.7 Å². The molecule has 78 valence electrons. The normalized spacial score (nSPS) is 27.5. The number of hydrogen-bond acceptors (Lipinski definition) is 2. The molecule has 0 radical (unpaired) electrons. The number of piperazine rings is 1. The molecule has 0 spiro atoms. The Hall–Kier alpha value is -0.0800. The minimum Gasteiger partial charge on any atom is -0.314 e. The molecule has 0 saturated carbocycles. The maximum Gasteiger partial charge on any atom is 0.0223 e. The first-order chi connectivity index (χ1) is 6.29. The molecule has 2 heteroatoms. The number of hydrogen-bond donors (Lipinski definition) is 1. The maximum absolute atomic E-state index is 3.49. The predicted octanol–water partition coefficient (Wildman–Crippen LogP) is 1.86. The molecule has 0 aromatic carbocycles. The number of nitrogens with zero attached hydrogens (tertiary/aromatic N) is 1. The summed E-state index contributed by atoms with van der Waals surface area (Å²) in [5.41, 5.74) is 0. The van der Waals surface area contributed by atoms with Gasteiger partial charge in [-0.25, -0.2) is 0 Å². The van der Waals surface area contributed by atoms with Gasteiger partial charge < -0.3 is 5.32 Å². The average molecular weight is 184 g/mol. The molecular weight excluding hydrogens is 160 g/mol. The van der Waals surface area contributed by atoms with Crippen LogP contribution in [0.15, 0.2) is 0 Å². The highest BCUT2D eigenvalue weighted by Crippen LogP contribution is 2.14. The van der Waals surface area contributed by atoms with Crippen molar-refractivity contribution in [3.8, 4) is 0 Å². The summed E-state index contributed by atoms with van der Waals surface area (Å²) in [6.45, 7) is 10.5. The fraction of sp³-hybridized carbons (Fsp3) is 1.00. The van der Waals surface area contributed by atoms with E-state index in [1.807, 2.05) is 0 Å². The predicted molar refractivity (Wildman–Crippen MR) is 58.0 cm³/mol. The summed E-state index contributed by atoms with van der Waals surface area (Å²) in [5, 5.41) is 3.49. The van der Waals surface area contributed by atoms with E-state index in [-0.39, 0.29) is 0 Å². The Labute approximate surface area is 82.7 Å². The molecule has 13 heavy (non-hydrogen) atoms. The third-order valence-electron chi connectivity index (χ3n) is 3.17. The molecule has 2 unspecified atom stereocenters. The standard InChI is InChI=1S/C11H24N2/c1-4-6-11-9-12-7-8-13(11)10(3)5-2/h10-12H,4-9H2,1-3H3. The molecule has 1 N–H and O–H groups in total. The van der Waals surface area contributed by atoms with Gasteiger partial charge in [0.2, 0.25) is 0 Å². The lowest BCUT2D eigenvalue weighted by molar-refractivity contribution is 0.105. The van der Waals surface area contributed by atoms with Crippen molar-refractivity contribution in [2.45, 2.75) is 52.1 Å². The lowest BCUT2D eigenvalue weighted by atomic mass is 10.0. The molecule has 1 fully saturated rings. The van der Waals surface area contributed by atoms with Crippen LogP contribution in [0.5, 0.6) is 0 Å². The zero-order valence-electron chi connectivity index (χ0n) is 9.34. The van der Waals surface area contributed by atoms with Gasteiger partial charge >= 0.3 is 0 Å². The van der Waals surface area contributed by atoms with Gasteiger partial charge in [-0.2, -0.15) is 0 Å². The van der Waals surface area contributed by atoms with Crippen molar-refractivity contribution in [2.75, 3.05) is 19.6 Å². The quantitative estimate of drug-likeness (QED) is 0.717. The smallest absolute Gasteiger partial charge is 0.0223 e. The van der Waals surface area contributed by atoms with Crippen molar-refractivity contribution in [1.82, 2.24) is 10.2 Å². The van der Waals surface area contributed by atoms with Crippen LogP contribution in [-0.2, 0) is 0 Å². The van der Waals surface area contributed by atoms with E-state index in [0.29, 0.717) is 0 Å². The van der Waals surface area contributed by atoms with Gasteiger partial charge in [0.25, 0.3) is 0 Å². The fourth-order valence-electron chi connectivity index (χ4n) is 2.19. The molecule has 0 aliphatic carbocycles. The fourth-order valence-corrected chi connectivity index (χ4v) is 2.19. The molecule has 0 aromatic heterocycles. The van der Waals surface area contributed by atoms with Crippen LogP contribution >= 0.6 is 0 Å². The Morgan fingerprint density at radius 2 is 2.23 bits per heavy atom. The Morgan fingerprint density at radius 3 is 2.85 bits per heavy atom. The van der Waals surface area contributed by atoms with Crippen LogP contribution in [0.1, 0.15) is 40.0 Å². The zero-order valence-corrected chi connectivity index (χ0v) is 9.34. The van der Waals surface area contributed by atoms with Crippen LogP contribution in [0.2, 0.25) is 0 Å². The van der Waals surface area contributed by atoms with Crippen molar-refractivity contribution < 1.29 is 0 Å². The second-order valence-electron chi connectivity index (χ2n) is 4.14.